The van der Waals surface area contributed by atoms with Crippen molar-refractivity contribution in [2.75, 3.05) is 13.6 Å². The molecule has 0 radical (unpaired) electrons. The normalized spacial score (nSPS) is 17.0. The van der Waals surface area contributed by atoms with E-state index in [1.54, 1.807) is 23.1 Å². The standard InChI is InChI=1S/C19H22FN3O3/c1-21-18(24)17-9-8-15(26-17)12-22-19(25)23-10-3-2-7-16(23)13-5-4-6-14(20)11-13/h4-6,8-9,11,16H,2-3,7,10,12H2,1H3,(H,21,24)(H,22,25). The molecule has 0 spiro atoms. The number of carbonyl (C=O) groups is 2. The molecule has 1 aromatic heterocycles. The maximum Gasteiger partial charge on any atom is 0.318 e. The van der Waals surface area contributed by atoms with Gasteiger partial charge in [-0.25, -0.2) is 9.18 Å². The van der Waals surface area contributed by atoms with Crippen LogP contribution in [-0.2, 0) is 6.54 Å². The molecule has 1 aliphatic rings. The zero-order chi connectivity index (χ0) is 18.5. The van der Waals surface area contributed by atoms with Crippen molar-refractivity contribution in [3.63, 3.8) is 0 Å². The number of nitrogens with one attached hydrogen (secondary N) is 2. The van der Waals surface area contributed by atoms with Gasteiger partial charge in [-0.3, -0.25) is 4.79 Å². The van der Waals surface area contributed by atoms with Gasteiger partial charge in [-0.1, -0.05) is 12.1 Å². The first-order valence-corrected chi connectivity index (χ1v) is 8.69. The number of urea groups is 1. The van der Waals surface area contributed by atoms with Crippen molar-refractivity contribution in [1.82, 2.24) is 15.5 Å². The fourth-order valence-corrected chi connectivity index (χ4v) is 3.22. The summed E-state index contributed by atoms with van der Waals surface area (Å²) in [5.41, 5.74) is 0.805. The second kappa shape index (κ2) is 8.03. The van der Waals surface area contributed by atoms with Gasteiger partial charge < -0.3 is 20.0 Å². The molecule has 3 amide bonds. The highest BCUT2D eigenvalue weighted by atomic mass is 19.1. The number of rotatable bonds is 4. The van der Waals surface area contributed by atoms with E-state index in [-0.39, 0.29) is 36.1 Å². The van der Waals surface area contributed by atoms with Gasteiger partial charge >= 0.3 is 6.03 Å². The van der Waals surface area contributed by atoms with Crippen molar-refractivity contribution in [3.8, 4) is 0 Å². The molecule has 2 heterocycles. The lowest BCUT2D eigenvalue weighted by Crippen LogP contribution is -2.44. The Hall–Kier alpha value is -2.83. The molecule has 2 N–H and O–H groups in total. The van der Waals surface area contributed by atoms with Crippen molar-refractivity contribution in [2.24, 2.45) is 0 Å². The van der Waals surface area contributed by atoms with Crippen LogP contribution >= 0.6 is 0 Å². The molecule has 7 heteroatoms. The van der Waals surface area contributed by atoms with E-state index in [9.17, 15) is 14.0 Å². The number of furan rings is 1. The Morgan fingerprint density at radius 2 is 2.12 bits per heavy atom. The number of carbonyl (C=O) groups excluding carboxylic acids is 2. The van der Waals surface area contributed by atoms with E-state index in [1.807, 2.05) is 6.07 Å². The van der Waals surface area contributed by atoms with E-state index in [0.717, 1.165) is 24.8 Å². The van der Waals surface area contributed by atoms with Crippen molar-refractivity contribution in [1.29, 1.82) is 0 Å². The summed E-state index contributed by atoms with van der Waals surface area (Å²) in [4.78, 5) is 25.9. The second-order valence-electron chi connectivity index (χ2n) is 6.26. The smallest absolute Gasteiger partial charge is 0.318 e. The lowest BCUT2D eigenvalue weighted by atomic mass is 9.95. The third-order valence-electron chi connectivity index (χ3n) is 4.52. The van der Waals surface area contributed by atoms with E-state index in [4.69, 9.17) is 4.42 Å². The molecule has 1 fully saturated rings. The summed E-state index contributed by atoms with van der Waals surface area (Å²) in [6, 6.07) is 9.26. The van der Waals surface area contributed by atoms with Crippen LogP contribution in [0, 0.1) is 5.82 Å². The van der Waals surface area contributed by atoms with Gasteiger partial charge in [0.2, 0.25) is 0 Å². The Morgan fingerprint density at radius 3 is 2.88 bits per heavy atom. The number of piperidine rings is 1. The molecule has 1 aliphatic heterocycles. The summed E-state index contributed by atoms with van der Waals surface area (Å²) in [7, 11) is 1.52. The molecule has 1 atom stereocenters. The van der Waals surface area contributed by atoms with Gasteiger partial charge in [0.25, 0.3) is 5.91 Å². The molecule has 0 bridgehead atoms. The van der Waals surface area contributed by atoms with E-state index in [1.165, 1.54) is 19.2 Å². The fraction of sp³-hybridized carbons (Fsp3) is 0.368. The Morgan fingerprint density at radius 1 is 1.27 bits per heavy atom. The molecule has 138 valence electrons. The number of hydrogen-bond donors (Lipinski definition) is 2. The number of halogens is 1. The zero-order valence-corrected chi connectivity index (χ0v) is 14.6. The highest BCUT2D eigenvalue weighted by molar-refractivity contribution is 5.91. The van der Waals surface area contributed by atoms with Gasteiger partial charge in [-0.05, 0) is 49.1 Å². The van der Waals surface area contributed by atoms with Crippen LogP contribution in [0.2, 0.25) is 0 Å². The summed E-state index contributed by atoms with van der Waals surface area (Å²) in [5, 5.41) is 5.30. The highest BCUT2D eigenvalue weighted by Crippen LogP contribution is 2.31. The molecular formula is C19H22FN3O3. The van der Waals surface area contributed by atoms with Crippen LogP contribution in [0.5, 0.6) is 0 Å². The Balaban J connectivity index is 1.65. The van der Waals surface area contributed by atoms with Crippen LogP contribution in [0.1, 0.15) is 47.2 Å². The summed E-state index contributed by atoms with van der Waals surface area (Å²) in [6.07, 6.45) is 2.72. The molecule has 26 heavy (non-hydrogen) atoms. The lowest BCUT2D eigenvalue weighted by Gasteiger charge is -2.36. The SMILES string of the molecule is CNC(=O)c1ccc(CNC(=O)N2CCCCC2c2cccc(F)c2)o1. The van der Waals surface area contributed by atoms with Crippen LogP contribution in [0.3, 0.4) is 0 Å². The summed E-state index contributed by atoms with van der Waals surface area (Å²) >= 11 is 0. The van der Waals surface area contributed by atoms with E-state index in [0.29, 0.717) is 12.3 Å². The number of nitrogens with zero attached hydrogens (tertiary/aromatic N) is 1. The van der Waals surface area contributed by atoms with Crippen LogP contribution in [-0.4, -0.2) is 30.4 Å². The van der Waals surface area contributed by atoms with E-state index >= 15 is 0 Å². The van der Waals surface area contributed by atoms with Gasteiger partial charge in [0.05, 0.1) is 12.6 Å². The van der Waals surface area contributed by atoms with Gasteiger partial charge in [0.15, 0.2) is 5.76 Å². The molecule has 6 nitrogen and oxygen atoms in total. The van der Waals surface area contributed by atoms with Crippen molar-refractivity contribution < 1.29 is 18.4 Å². The van der Waals surface area contributed by atoms with Crippen molar-refractivity contribution >= 4 is 11.9 Å². The van der Waals surface area contributed by atoms with Crippen molar-refractivity contribution in [2.45, 2.75) is 31.8 Å². The van der Waals surface area contributed by atoms with Crippen LogP contribution < -0.4 is 10.6 Å². The van der Waals surface area contributed by atoms with Gasteiger partial charge in [-0.2, -0.15) is 0 Å². The first-order chi connectivity index (χ1) is 12.6. The molecule has 0 aliphatic carbocycles. The first-order valence-electron chi connectivity index (χ1n) is 8.69. The minimum absolute atomic E-state index is 0.141. The van der Waals surface area contributed by atoms with Crippen LogP contribution in [0.4, 0.5) is 9.18 Å². The lowest BCUT2D eigenvalue weighted by molar-refractivity contribution is 0.0933. The predicted molar refractivity (Wildman–Crippen MR) is 94.0 cm³/mol. The van der Waals surface area contributed by atoms with Crippen LogP contribution in [0.25, 0.3) is 0 Å². The number of hydrogen-bond acceptors (Lipinski definition) is 3. The molecule has 1 aromatic carbocycles. The maximum atomic E-state index is 13.6. The number of benzene rings is 1. The van der Waals surface area contributed by atoms with Gasteiger partial charge in [0.1, 0.15) is 11.6 Å². The maximum absolute atomic E-state index is 13.6. The predicted octanol–water partition coefficient (Wildman–Crippen LogP) is 3.22. The first kappa shape index (κ1) is 18.0. The molecule has 3 rings (SSSR count). The van der Waals surface area contributed by atoms with Gasteiger partial charge in [0, 0.05) is 13.6 Å². The molecule has 2 aromatic rings. The third kappa shape index (κ3) is 4.04. The van der Waals surface area contributed by atoms with E-state index < -0.39 is 0 Å². The molecule has 0 saturated carbocycles. The Labute approximate surface area is 151 Å². The average molecular weight is 359 g/mol. The Bertz CT molecular complexity index is 790. The quantitative estimate of drug-likeness (QED) is 0.880. The highest BCUT2D eigenvalue weighted by Gasteiger charge is 2.28. The fourth-order valence-electron chi connectivity index (χ4n) is 3.22. The third-order valence-corrected chi connectivity index (χ3v) is 4.52. The minimum atomic E-state index is -0.315. The van der Waals surface area contributed by atoms with Crippen LogP contribution in [0.15, 0.2) is 40.8 Å². The number of likely N-dealkylation sites (tertiary alicyclic amines) is 1. The monoisotopic (exact) mass is 359 g/mol. The molecule has 1 saturated heterocycles. The largest absolute Gasteiger partial charge is 0.454 e. The Kier molecular flexibility index (Phi) is 5.55. The summed E-state index contributed by atoms with van der Waals surface area (Å²) in [6.45, 7) is 0.802. The summed E-state index contributed by atoms with van der Waals surface area (Å²) in [5.74, 6) is 0.0825. The molecular weight excluding hydrogens is 337 g/mol. The van der Waals surface area contributed by atoms with Gasteiger partial charge in [-0.15, -0.1) is 0 Å². The van der Waals surface area contributed by atoms with E-state index in [2.05, 4.69) is 10.6 Å². The second-order valence-corrected chi connectivity index (χ2v) is 6.26. The average Bonchev–Trinajstić information content (AvgIpc) is 3.14. The van der Waals surface area contributed by atoms with Crippen molar-refractivity contribution in [3.05, 3.63) is 59.3 Å². The zero-order valence-electron chi connectivity index (χ0n) is 14.6. The topological polar surface area (TPSA) is 74.6 Å². The summed E-state index contributed by atoms with van der Waals surface area (Å²) < 4.78 is 19.0. The minimum Gasteiger partial charge on any atom is -0.454 e. The molecule has 1 unspecified atom stereocenters. The number of amides is 3.